The number of benzene rings is 3. The van der Waals surface area contributed by atoms with Gasteiger partial charge in [0.05, 0.1) is 33.5 Å². The number of methoxy groups -OCH3 is 1. The number of para-hydroxylation sites is 1. The third-order valence-electron chi connectivity index (χ3n) is 6.25. The first-order valence-corrected chi connectivity index (χ1v) is 13.0. The molecule has 1 heterocycles. The van der Waals surface area contributed by atoms with Crippen LogP contribution in [0.25, 0.3) is 0 Å². The molecule has 0 saturated carbocycles. The lowest BCUT2D eigenvalue weighted by molar-refractivity contribution is -0.422. The number of nitrogens with zero attached hydrogens (tertiary/aromatic N) is 4. The maximum Gasteiger partial charge on any atom is 0.346 e. The summed E-state index contributed by atoms with van der Waals surface area (Å²) in [7, 11) is 5.29. The van der Waals surface area contributed by atoms with Crippen molar-refractivity contribution in [2.75, 3.05) is 39.2 Å². The molecule has 40 heavy (non-hydrogen) atoms. The first-order valence-electron chi connectivity index (χ1n) is 12.1. The minimum Gasteiger partial charge on any atom is -0.497 e. The molecule has 1 aliphatic heterocycles. The summed E-state index contributed by atoms with van der Waals surface area (Å²) in [5, 5.41) is 22.0. The molecule has 0 unspecified atom stereocenters. The van der Waals surface area contributed by atoms with Crippen molar-refractivity contribution < 1.29 is 28.9 Å². The molecule has 12 nitrogen and oxygen atoms in total. The summed E-state index contributed by atoms with van der Waals surface area (Å²) in [6.07, 6.45) is -1.32. The zero-order chi connectivity index (χ0) is 29.0. The molecule has 13 heteroatoms. The van der Waals surface area contributed by atoms with Crippen LogP contribution in [0, 0.1) is 20.2 Å². The SMILES string of the molecule is COc1ccc([C@@H]2Sc3ccccc3N(CCN(C)C)C(=O)[C@@H]2OC(=O)c2ccc([N+](=O)[O-])c([N+](=O)[O-])c2)cc1. The molecule has 3 aromatic rings. The Hall–Kier alpha value is -4.49. The molecule has 0 bridgehead atoms. The molecule has 2 atom stereocenters. The number of hydrogen-bond donors (Lipinski definition) is 0. The van der Waals surface area contributed by atoms with Crippen LogP contribution >= 0.6 is 11.8 Å². The van der Waals surface area contributed by atoms with Crippen LogP contribution in [0.3, 0.4) is 0 Å². The Kier molecular flexibility index (Phi) is 8.65. The number of rotatable bonds is 9. The van der Waals surface area contributed by atoms with Gasteiger partial charge in [0.15, 0.2) is 6.10 Å². The number of carbonyl (C=O) groups is 2. The van der Waals surface area contributed by atoms with E-state index in [4.69, 9.17) is 9.47 Å². The molecule has 4 rings (SSSR count). The lowest BCUT2D eigenvalue weighted by Crippen LogP contribution is -2.45. The van der Waals surface area contributed by atoms with E-state index in [2.05, 4.69) is 0 Å². The van der Waals surface area contributed by atoms with Gasteiger partial charge in [0.1, 0.15) is 5.75 Å². The zero-order valence-corrected chi connectivity index (χ0v) is 22.7. The predicted molar refractivity (Wildman–Crippen MR) is 148 cm³/mol. The summed E-state index contributed by atoms with van der Waals surface area (Å²) in [5.74, 6) is -0.882. The van der Waals surface area contributed by atoms with E-state index in [0.717, 1.165) is 23.1 Å². The molecular formula is C27H26N4O8S. The summed E-state index contributed by atoms with van der Waals surface area (Å²) < 4.78 is 11.1. The fourth-order valence-electron chi connectivity index (χ4n) is 4.19. The highest BCUT2D eigenvalue weighted by Gasteiger charge is 2.41. The number of hydrogen-bond acceptors (Lipinski definition) is 10. The van der Waals surface area contributed by atoms with Crippen LogP contribution < -0.4 is 9.64 Å². The van der Waals surface area contributed by atoms with Crippen LogP contribution in [0.15, 0.2) is 71.6 Å². The second-order valence-electron chi connectivity index (χ2n) is 9.12. The van der Waals surface area contributed by atoms with Crippen molar-refractivity contribution in [2.45, 2.75) is 16.2 Å². The van der Waals surface area contributed by atoms with E-state index in [1.54, 1.807) is 29.2 Å². The van der Waals surface area contributed by atoms with Crippen molar-refractivity contribution in [1.29, 1.82) is 0 Å². The number of thioether (sulfide) groups is 1. The predicted octanol–water partition coefficient (Wildman–Crippen LogP) is 4.48. The topological polar surface area (TPSA) is 145 Å². The van der Waals surface area contributed by atoms with Gasteiger partial charge in [-0.15, -0.1) is 11.8 Å². The largest absolute Gasteiger partial charge is 0.497 e. The van der Waals surface area contributed by atoms with Crippen molar-refractivity contribution in [1.82, 2.24) is 4.90 Å². The second-order valence-corrected chi connectivity index (χ2v) is 10.3. The average molecular weight is 567 g/mol. The number of esters is 1. The van der Waals surface area contributed by atoms with Crippen molar-refractivity contribution >= 4 is 40.7 Å². The number of nitro benzene ring substituents is 2. The smallest absolute Gasteiger partial charge is 0.346 e. The highest BCUT2D eigenvalue weighted by molar-refractivity contribution is 7.99. The van der Waals surface area contributed by atoms with Crippen LogP contribution in [0.5, 0.6) is 5.75 Å². The van der Waals surface area contributed by atoms with E-state index in [0.29, 0.717) is 30.1 Å². The Labute approximate surface area is 233 Å². The fraction of sp³-hybridized carbons (Fsp3) is 0.259. The number of ether oxygens (including phenoxy) is 2. The van der Waals surface area contributed by atoms with Crippen LogP contribution in [0.4, 0.5) is 17.1 Å². The van der Waals surface area contributed by atoms with Crippen LogP contribution in [0.2, 0.25) is 0 Å². The molecule has 3 aromatic carbocycles. The van der Waals surface area contributed by atoms with Gasteiger partial charge in [-0.2, -0.15) is 0 Å². The van der Waals surface area contributed by atoms with E-state index in [9.17, 15) is 29.8 Å². The lowest BCUT2D eigenvalue weighted by atomic mass is 10.0. The molecule has 0 aliphatic carbocycles. The van der Waals surface area contributed by atoms with E-state index < -0.39 is 44.5 Å². The Morgan fingerprint density at radius 2 is 1.68 bits per heavy atom. The van der Waals surface area contributed by atoms with Gasteiger partial charge in [0.2, 0.25) is 0 Å². The number of amides is 1. The Morgan fingerprint density at radius 1 is 1.00 bits per heavy atom. The normalized spacial score (nSPS) is 16.7. The molecule has 1 amide bonds. The molecule has 0 fully saturated rings. The van der Waals surface area contributed by atoms with Gasteiger partial charge in [-0.3, -0.25) is 25.0 Å². The molecule has 0 N–H and O–H groups in total. The molecule has 0 spiro atoms. The van der Waals surface area contributed by atoms with Gasteiger partial charge in [0, 0.05) is 30.1 Å². The van der Waals surface area contributed by atoms with E-state index in [1.165, 1.54) is 18.9 Å². The van der Waals surface area contributed by atoms with Gasteiger partial charge in [-0.25, -0.2) is 4.79 Å². The van der Waals surface area contributed by atoms with Crippen molar-refractivity contribution in [2.24, 2.45) is 0 Å². The van der Waals surface area contributed by atoms with Crippen LogP contribution in [0.1, 0.15) is 21.2 Å². The summed E-state index contributed by atoms with van der Waals surface area (Å²) in [4.78, 5) is 52.6. The van der Waals surface area contributed by atoms with Crippen molar-refractivity contribution in [3.8, 4) is 5.75 Å². The maximum absolute atomic E-state index is 14.1. The maximum atomic E-state index is 14.1. The Morgan fingerprint density at radius 3 is 2.30 bits per heavy atom. The Balaban J connectivity index is 1.78. The number of anilines is 1. The van der Waals surface area contributed by atoms with Crippen LogP contribution in [-0.2, 0) is 9.53 Å². The fourth-order valence-corrected chi connectivity index (χ4v) is 5.51. The van der Waals surface area contributed by atoms with Gasteiger partial charge in [-0.05, 0) is 50.0 Å². The molecular weight excluding hydrogens is 540 g/mol. The van der Waals surface area contributed by atoms with Gasteiger partial charge >= 0.3 is 17.3 Å². The summed E-state index contributed by atoms with van der Waals surface area (Å²) >= 11 is 1.35. The summed E-state index contributed by atoms with van der Waals surface area (Å²) in [5.41, 5.74) is -0.541. The molecule has 0 radical (unpaired) electrons. The highest BCUT2D eigenvalue weighted by atomic mass is 32.2. The minimum atomic E-state index is -1.32. The number of carbonyl (C=O) groups excluding carboxylic acids is 2. The number of fused-ring (bicyclic) bond motifs is 1. The first-order chi connectivity index (χ1) is 19.1. The van der Waals surface area contributed by atoms with Gasteiger partial charge in [0.25, 0.3) is 5.91 Å². The average Bonchev–Trinajstić information content (AvgIpc) is 3.05. The third-order valence-corrected chi connectivity index (χ3v) is 7.62. The number of likely N-dealkylation sites (N-methyl/N-ethyl adjacent to an activating group) is 1. The van der Waals surface area contributed by atoms with E-state index in [1.807, 2.05) is 43.3 Å². The van der Waals surface area contributed by atoms with Gasteiger partial charge in [-0.1, -0.05) is 24.3 Å². The molecule has 1 aliphatic rings. The Bertz CT molecular complexity index is 1450. The summed E-state index contributed by atoms with van der Waals surface area (Å²) in [6.45, 7) is 0.850. The minimum absolute atomic E-state index is 0.287. The molecule has 0 aromatic heterocycles. The zero-order valence-electron chi connectivity index (χ0n) is 21.9. The quantitative estimate of drug-likeness (QED) is 0.206. The van der Waals surface area contributed by atoms with Crippen LogP contribution in [-0.4, -0.2) is 67.0 Å². The third kappa shape index (κ3) is 6.05. The summed E-state index contributed by atoms with van der Waals surface area (Å²) in [6, 6.07) is 17.1. The van der Waals surface area contributed by atoms with Crippen molar-refractivity contribution in [3.63, 3.8) is 0 Å². The molecule has 0 saturated heterocycles. The standard InChI is InChI=1S/C27H26N4O8S/c1-28(2)14-15-29-21-6-4-5-7-23(21)40-25(17-8-11-19(38-3)12-9-17)24(26(29)32)39-27(33)18-10-13-20(30(34)35)22(16-18)31(36)37/h4-13,16,24-25H,14-15H2,1-3H3/t24-,25+/m1/s1. The van der Waals surface area contributed by atoms with E-state index in [-0.39, 0.29) is 5.56 Å². The van der Waals surface area contributed by atoms with Gasteiger partial charge < -0.3 is 19.3 Å². The lowest BCUT2D eigenvalue weighted by Gasteiger charge is -2.28. The second kappa shape index (κ2) is 12.1. The first kappa shape index (κ1) is 28.5. The molecule has 208 valence electrons. The van der Waals surface area contributed by atoms with Crippen molar-refractivity contribution in [3.05, 3.63) is 98.1 Å². The highest BCUT2D eigenvalue weighted by Crippen LogP contribution is 2.47. The number of nitro groups is 2. The monoisotopic (exact) mass is 566 g/mol. The van der Waals surface area contributed by atoms with E-state index >= 15 is 0 Å².